The lowest BCUT2D eigenvalue weighted by molar-refractivity contribution is 0.404. The second-order valence-electron chi connectivity index (χ2n) is 3.97. The van der Waals surface area contributed by atoms with Crippen LogP contribution in [-0.4, -0.2) is 17.1 Å². The number of fused-ring (bicyclic) bond motifs is 1. The van der Waals surface area contributed by atoms with Gasteiger partial charge in [0.15, 0.2) is 0 Å². The molecule has 3 heteroatoms. The zero-order valence-corrected chi connectivity index (χ0v) is 10.00. The van der Waals surface area contributed by atoms with E-state index in [-0.39, 0.29) is 0 Å². The molecule has 3 aromatic rings. The first-order valence-electron chi connectivity index (χ1n) is 5.72. The maximum atomic E-state index is 5.36. The van der Waals surface area contributed by atoms with Crippen LogP contribution in [0.5, 0.6) is 5.88 Å². The fourth-order valence-corrected chi connectivity index (χ4v) is 1.99. The molecular formula is C15H12N2O. The van der Waals surface area contributed by atoms with Crippen molar-refractivity contribution >= 4 is 10.8 Å². The molecule has 0 radical (unpaired) electrons. The number of aromatic nitrogens is 2. The molecule has 0 N–H and O–H groups in total. The number of hydrogen-bond donors (Lipinski definition) is 0. The Morgan fingerprint density at radius 2 is 1.78 bits per heavy atom. The zero-order valence-electron chi connectivity index (χ0n) is 10.00. The molecule has 0 aliphatic heterocycles. The Labute approximate surface area is 105 Å². The van der Waals surface area contributed by atoms with E-state index in [9.17, 15) is 0 Å². The second-order valence-corrected chi connectivity index (χ2v) is 3.97. The molecule has 0 atom stereocenters. The van der Waals surface area contributed by atoms with Gasteiger partial charge in [-0.05, 0) is 29.7 Å². The standard InChI is InChI=1S/C15H12N2O/c1-18-15-13-5-3-2-4-12(13)10-14(17-15)11-6-8-16-9-7-11/h2-10H,1H3. The van der Waals surface area contributed by atoms with Gasteiger partial charge in [0.1, 0.15) is 0 Å². The van der Waals surface area contributed by atoms with E-state index in [0.29, 0.717) is 5.88 Å². The van der Waals surface area contributed by atoms with E-state index in [2.05, 4.69) is 22.1 Å². The third kappa shape index (κ3) is 1.80. The van der Waals surface area contributed by atoms with Gasteiger partial charge in [0, 0.05) is 23.3 Å². The minimum Gasteiger partial charge on any atom is -0.481 e. The lowest BCUT2D eigenvalue weighted by Crippen LogP contribution is -1.92. The molecule has 0 saturated heterocycles. The number of benzene rings is 1. The van der Waals surface area contributed by atoms with Crippen LogP contribution >= 0.6 is 0 Å². The van der Waals surface area contributed by atoms with Gasteiger partial charge in [-0.3, -0.25) is 4.98 Å². The summed E-state index contributed by atoms with van der Waals surface area (Å²) in [5.74, 6) is 0.653. The summed E-state index contributed by atoms with van der Waals surface area (Å²) in [6, 6.07) is 14.0. The molecule has 0 aliphatic rings. The summed E-state index contributed by atoms with van der Waals surface area (Å²) in [4.78, 5) is 8.56. The molecule has 0 bridgehead atoms. The van der Waals surface area contributed by atoms with Crippen molar-refractivity contribution in [3.63, 3.8) is 0 Å². The Kier molecular flexibility index (Phi) is 2.65. The average molecular weight is 236 g/mol. The fourth-order valence-electron chi connectivity index (χ4n) is 1.99. The van der Waals surface area contributed by atoms with E-state index in [4.69, 9.17) is 4.74 Å². The van der Waals surface area contributed by atoms with E-state index in [0.717, 1.165) is 22.0 Å². The van der Waals surface area contributed by atoms with Crippen LogP contribution < -0.4 is 4.74 Å². The third-order valence-corrected chi connectivity index (χ3v) is 2.87. The van der Waals surface area contributed by atoms with Gasteiger partial charge in [0.2, 0.25) is 5.88 Å². The number of nitrogens with zero attached hydrogens (tertiary/aromatic N) is 2. The number of hydrogen-bond acceptors (Lipinski definition) is 3. The van der Waals surface area contributed by atoms with Gasteiger partial charge in [-0.15, -0.1) is 0 Å². The highest BCUT2D eigenvalue weighted by Crippen LogP contribution is 2.28. The van der Waals surface area contributed by atoms with Crippen LogP contribution in [0.15, 0.2) is 54.9 Å². The smallest absolute Gasteiger partial charge is 0.221 e. The van der Waals surface area contributed by atoms with Crippen LogP contribution in [0.3, 0.4) is 0 Å². The molecule has 18 heavy (non-hydrogen) atoms. The molecule has 0 aliphatic carbocycles. The molecule has 0 amide bonds. The van der Waals surface area contributed by atoms with Gasteiger partial charge in [-0.25, -0.2) is 4.98 Å². The highest BCUT2D eigenvalue weighted by atomic mass is 16.5. The highest BCUT2D eigenvalue weighted by molar-refractivity contribution is 5.89. The summed E-state index contributed by atoms with van der Waals surface area (Å²) >= 11 is 0. The van der Waals surface area contributed by atoms with Crippen LogP contribution in [0.2, 0.25) is 0 Å². The highest BCUT2D eigenvalue weighted by Gasteiger charge is 2.07. The first kappa shape index (κ1) is 10.7. The van der Waals surface area contributed by atoms with Gasteiger partial charge in [0.05, 0.1) is 12.8 Å². The average Bonchev–Trinajstić information content (AvgIpc) is 2.47. The quantitative estimate of drug-likeness (QED) is 0.684. The maximum absolute atomic E-state index is 5.36. The van der Waals surface area contributed by atoms with Crippen LogP contribution in [0.25, 0.3) is 22.0 Å². The number of methoxy groups -OCH3 is 1. The molecule has 0 unspecified atom stereocenters. The fraction of sp³-hybridized carbons (Fsp3) is 0.0667. The van der Waals surface area contributed by atoms with E-state index >= 15 is 0 Å². The zero-order chi connectivity index (χ0) is 12.4. The minimum absolute atomic E-state index is 0.653. The lowest BCUT2D eigenvalue weighted by atomic mass is 10.1. The largest absolute Gasteiger partial charge is 0.481 e. The summed E-state index contributed by atoms with van der Waals surface area (Å²) < 4.78 is 5.36. The van der Waals surface area contributed by atoms with Gasteiger partial charge in [-0.2, -0.15) is 0 Å². The molecule has 3 nitrogen and oxygen atoms in total. The van der Waals surface area contributed by atoms with Crippen molar-refractivity contribution in [1.29, 1.82) is 0 Å². The Hall–Kier alpha value is -2.42. The van der Waals surface area contributed by atoms with Crippen molar-refractivity contribution < 1.29 is 4.74 Å². The predicted molar refractivity (Wildman–Crippen MR) is 71.5 cm³/mol. The van der Waals surface area contributed by atoms with Gasteiger partial charge in [-0.1, -0.05) is 18.2 Å². The van der Waals surface area contributed by atoms with Crippen molar-refractivity contribution in [3.8, 4) is 17.1 Å². The van der Waals surface area contributed by atoms with Crippen LogP contribution in [0.1, 0.15) is 0 Å². The Morgan fingerprint density at radius 1 is 1.00 bits per heavy atom. The van der Waals surface area contributed by atoms with E-state index in [1.54, 1.807) is 19.5 Å². The summed E-state index contributed by atoms with van der Waals surface area (Å²) in [6.45, 7) is 0. The molecule has 3 rings (SSSR count). The number of ether oxygens (including phenoxy) is 1. The molecule has 0 saturated carbocycles. The molecule has 0 spiro atoms. The lowest BCUT2D eigenvalue weighted by Gasteiger charge is -2.08. The molecular weight excluding hydrogens is 224 g/mol. The van der Waals surface area contributed by atoms with E-state index in [1.807, 2.05) is 30.3 Å². The Bertz CT molecular complexity index is 680. The van der Waals surface area contributed by atoms with Crippen LogP contribution in [0.4, 0.5) is 0 Å². The molecule has 1 aromatic carbocycles. The van der Waals surface area contributed by atoms with Gasteiger partial charge >= 0.3 is 0 Å². The summed E-state index contributed by atoms with van der Waals surface area (Å²) in [5.41, 5.74) is 1.93. The van der Waals surface area contributed by atoms with Crippen molar-refractivity contribution in [2.24, 2.45) is 0 Å². The normalized spacial score (nSPS) is 10.5. The summed E-state index contributed by atoms with van der Waals surface area (Å²) in [5, 5.41) is 2.15. The molecule has 2 aromatic heterocycles. The Morgan fingerprint density at radius 3 is 2.56 bits per heavy atom. The summed E-state index contributed by atoms with van der Waals surface area (Å²) in [6.07, 6.45) is 3.53. The molecule has 88 valence electrons. The monoisotopic (exact) mass is 236 g/mol. The summed E-state index contributed by atoms with van der Waals surface area (Å²) in [7, 11) is 1.64. The van der Waals surface area contributed by atoms with E-state index < -0.39 is 0 Å². The predicted octanol–water partition coefficient (Wildman–Crippen LogP) is 3.31. The third-order valence-electron chi connectivity index (χ3n) is 2.87. The first-order valence-corrected chi connectivity index (χ1v) is 5.72. The van der Waals surface area contributed by atoms with Crippen molar-refractivity contribution in [3.05, 3.63) is 54.9 Å². The first-order chi connectivity index (χ1) is 8.88. The van der Waals surface area contributed by atoms with Crippen LogP contribution in [-0.2, 0) is 0 Å². The minimum atomic E-state index is 0.653. The van der Waals surface area contributed by atoms with Crippen molar-refractivity contribution in [1.82, 2.24) is 9.97 Å². The number of rotatable bonds is 2. The van der Waals surface area contributed by atoms with Crippen molar-refractivity contribution in [2.75, 3.05) is 7.11 Å². The van der Waals surface area contributed by atoms with E-state index in [1.165, 1.54) is 0 Å². The van der Waals surface area contributed by atoms with Gasteiger partial charge in [0.25, 0.3) is 0 Å². The SMILES string of the molecule is COc1nc(-c2ccncc2)cc2ccccc12. The van der Waals surface area contributed by atoms with Crippen molar-refractivity contribution in [2.45, 2.75) is 0 Å². The molecule has 2 heterocycles. The maximum Gasteiger partial charge on any atom is 0.221 e. The Balaban J connectivity index is 2.26. The molecule has 0 fully saturated rings. The second kappa shape index (κ2) is 4.45. The number of pyridine rings is 2. The van der Waals surface area contributed by atoms with Gasteiger partial charge < -0.3 is 4.74 Å². The topological polar surface area (TPSA) is 35.0 Å². The van der Waals surface area contributed by atoms with Crippen LogP contribution in [0, 0.1) is 0 Å².